The number of rotatable bonds is 3. The van der Waals surface area contributed by atoms with Gasteiger partial charge in [0.05, 0.1) is 13.2 Å². The van der Waals surface area contributed by atoms with Crippen molar-refractivity contribution in [2.24, 2.45) is 0 Å². The molecule has 0 fully saturated rings. The highest BCUT2D eigenvalue weighted by atomic mass is 19.1. The molecule has 1 aliphatic rings. The van der Waals surface area contributed by atoms with Crippen LogP contribution >= 0.6 is 0 Å². The maximum absolute atomic E-state index is 12.9. The molecule has 0 aliphatic carbocycles. The standard InChI is InChI=1S/C17H15FO3/c18-14-5-2-12(3-6-14)10-15(19)13-4-7-16-17(11-13)21-9-1-8-20-16/h2-7,11H,1,8-10H2. The summed E-state index contributed by atoms with van der Waals surface area (Å²) < 4.78 is 24.0. The van der Waals surface area contributed by atoms with E-state index in [-0.39, 0.29) is 18.0 Å². The van der Waals surface area contributed by atoms with E-state index in [0.29, 0.717) is 30.3 Å². The van der Waals surface area contributed by atoms with Gasteiger partial charge in [-0.2, -0.15) is 0 Å². The lowest BCUT2D eigenvalue weighted by Gasteiger charge is -2.09. The number of halogens is 1. The Bertz CT molecular complexity index is 650. The molecule has 0 unspecified atom stereocenters. The van der Waals surface area contributed by atoms with Crippen LogP contribution < -0.4 is 9.47 Å². The molecule has 0 aromatic heterocycles. The van der Waals surface area contributed by atoms with Crippen LogP contribution in [-0.4, -0.2) is 19.0 Å². The van der Waals surface area contributed by atoms with E-state index in [2.05, 4.69) is 0 Å². The molecule has 0 saturated heterocycles. The molecule has 21 heavy (non-hydrogen) atoms. The predicted molar refractivity (Wildman–Crippen MR) is 76.5 cm³/mol. The van der Waals surface area contributed by atoms with E-state index in [4.69, 9.17) is 9.47 Å². The average Bonchev–Trinajstić information content (AvgIpc) is 2.74. The third-order valence-electron chi connectivity index (χ3n) is 3.35. The quantitative estimate of drug-likeness (QED) is 0.811. The molecule has 2 aromatic rings. The van der Waals surface area contributed by atoms with Gasteiger partial charge in [0, 0.05) is 18.4 Å². The third kappa shape index (κ3) is 3.21. The van der Waals surface area contributed by atoms with Crippen molar-refractivity contribution in [3.63, 3.8) is 0 Å². The van der Waals surface area contributed by atoms with E-state index in [0.717, 1.165) is 12.0 Å². The molecular weight excluding hydrogens is 271 g/mol. The molecule has 0 saturated carbocycles. The van der Waals surface area contributed by atoms with E-state index < -0.39 is 0 Å². The number of fused-ring (bicyclic) bond motifs is 1. The summed E-state index contributed by atoms with van der Waals surface area (Å²) in [6.45, 7) is 1.21. The third-order valence-corrected chi connectivity index (χ3v) is 3.35. The van der Waals surface area contributed by atoms with Crippen molar-refractivity contribution in [3.8, 4) is 11.5 Å². The van der Waals surface area contributed by atoms with Gasteiger partial charge in [-0.25, -0.2) is 4.39 Å². The second kappa shape index (κ2) is 5.95. The summed E-state index contributed by atoms with van der Waals surface area (Å²) in [6.07, 6.45) is 1.06. The van der Waals surface area contributed by atoms with E-state index in [1.165, 1.54) is 12.1 Å². The summed E-state index contributed by atoms with van der Waals surface area (Å²) in [4.78, 5) is 12.3. The van der Waals surface area contributed by atoms with Crippen molar-refractivity contribution in [1.82, 2.24) is 0 Å². The predicted octanol–water partition coefficient (Wildman–Crippen LogP) is 3.41. The topological polar surface area (TPSA) is 35.5 Å². The molecule has 1 heterocycles. The van der Waals surface area contributed by atoms with Gasteiger partial charge >= 0.3 is 0 Å². The number of carbonyl (C=O) groups excluding carboxylic acids is 1. The first kappa shape index (κ1) is 13.6. The SMILES string of the molecule is O=C(Cc1ccc(F)cc1)c1ccc2c(c1)OCCCO2. The van der Waals surface area contributed by atoms with Crippen molar-refractivity contribution >= 4 is 5.78 Å². The van der Waals surface area contributed by atoms with E-state index in [1.54, 1.807) is 30.3 Å². The van der Waals surface area contributed by atoms with Crippen LogP contribution in [0.4, 0.5) is 4.39 Å². The van der Waals surface area contributed by atoms with Gasteiger partial charge in [0.1, 0.15) is 5.82 Å². The first-order valence-electron chi connectivity index (χ1n) is 6.90. The molecule has 0 atom stereocenters. The van der Waals surface area contributed by atoms with Crippen molar-refractivity contribution in [2.45, 2.75) is 12.8 Å². The largest absolute Gasteiger partial charge is 0.490 e. The molecule has 0 bridgehead atoms. The Hall–Kier alpha value is -2.36. The van der Waals surface area contributed by atoms with Gasteiger partial charge in [0.15, 0.2) is 17.3 Å². The van der Waals surface area contributed by atoms with Crippen LogP contribution in [0.3, 0.4) is 0 Å². The lowest BCUT2D eigenvalue weighted by Crippen LogP contribution is -2.04. The van der Waals surface area contributed by atoms with E-state index >= 15 is 0 Å². The first-order valence-corrected chi connectivity index (χ1v) is 6.90. The second-order valence-corrected chi connectivity index (χ2v) is 4.94. The highest BCUT2D eigenvalue weighted by Gasteiger charge is 2.14. The van der Waals surface area contributed by atoms with Crippen LogP contribution in [0.15, 0.2) is 42.5 Å². The van der Waals surface area contributed by atoms with Gasteiger partial charge in [-0.3, -0.25) is 4.79 Å². The van der Waals surface area contributed by atoms with Crippen LogP contribution in [0.25, 0.3) is 0 Å². The van der Waals surface area contributed by atoms with Crippen molar-refractivity contribution in [1.29, 1.82) is 0 Å². The van der Waals surface area contributed by atoms with Gasteiger partial charge in [0.25, 0.3) is 0 Å². The Kier molecular flexibility index (Phi) is 3.86. The molecular formula is C17H15FO3. The summed E-state index contributed by atoms with van der Waals surface area (Å²) in [5.41, 5.74) is 1.36. The minimum atomic E-state index is -0.304. The van der Waals surface area contributed by atoms with E-state index in [1.807, 2.05) is 0 Å². The second-order valence-electron chi connectivity index (χ2n) is 4.94. The summed E-state index contributed by atoms with van der Waals surface area (Å²) in [7, 11) is 0. The average molecular weight is 286 g/mol. The molecule has 4 heteroatoms. The van der Waals surface area contributed by atoms with Crippen LogP contribution in [0.1, 0.15) is 22.3 Å². The van der Waals surface area contributed by atoms with Crippen LogP contribution in [0, 0.1) is 5.82 Å². The number of hydrogen-bond acceptors (Lipinski definition) is 3. The highest BCUT2D eigenvalue weighted by molar-refractivity contribution is 5.98. The Morgan fingerprint density at radius 1 is 1.00 bits per heavy atom. The summed E-state index contributed by atoms with van der Waals surface area (Å²) in [6, 6.07) is 11.2. The molecule has 3 nitrogen and oxygen atoms in total. The fourth-order valence-corrected chi connectivity index (χ4v) is 2.23. The molecule has 0 spiro atoms. The van der Waals surface area contributed by atoms with Crippen molar-refractivity contribution in [2.75, 3.05) is 13.2 Å². The fraction of sp³-hybridized carbons (Fsp3) is 0.235. The maximum Gasteiger partial charge on any atom is 0.167 e. The summed E-state index contributed by atoms with van der Waals surface area (Å²) >= 11 is 0. The molecule has 0 amide bonds. The minimum Gasteiger partial charge on any atom is -0.490 e. The van der Waals surface area contributed by atoms with Gasteiger partial charge in [-0.1, -0.05) is 12.1 Å². The molecule has 2 aromatic carbocycles. The number of carbonyl (C=O) groups is 1. The molecule has 3 rings (SSSR count). The summed E-state index contributed by atoms with van der Waals surface area (Å²) in [5.74, 6) is 0.947. The molecule has 0 radical (unpaired) electrons. The molecule has 108 valence electrons. The first-order chi connectivity index (χ1) is 10.2. The zero-order valence-electron chi connectivity index (χ0n) is 11.5. The fourth-order valence-electron chi connectivity index (χ4n) is 2.23. The van der Waals surface area contributed by atoms with Crippen molar-refractivity contribution in [3.05, 3.63) is 59.4 Å². The lowest BCUT2D eigenvalue weighted by molar-refractivity contribution is 0.0992. The minimum absolute atomic E-state index is 0.0303. The van der Waals surface area contributed by atoms with E-state index in [9.17, 15) is 9.18 Å². The zero-order valence-corrected chi connectivity index (χ0v) is 11.5. The van der Waals surface area contributed by atoms with Crippen LogP contribution in [-0.2, 0) is 6.42 Å². The molecule has 0 N–H and O–H groups in total. The number of benzene rings is 2. The smallest absolute Gasteiger partial charge is 0.167 e. The Balaban J connectivity index is 1.78. The maximum atomic E-state index is 12.9. The lowest BCUT2D eigenvalue weighted by atomic mass is 10.0. The zero-order chi connectivity index (χ0) is 14.7. The van der Waals surface area contributed by atoms with Crippen LogP contribution in [0.2, 0.25) is 0 Å². The van der Waals surface area contributed by atoms with Gasteiger partial charge in [0.2, 0.25) is 0 Å². The number of ketones is 1. The molecule has 1 aliphatic heterocycles. The summed E-state index contributed by atoms with van der Waals surface area (Å²) in [5, 5.41) is 0. The van der Waals surface area contributed by atoms with Crippen molar-refractivity contribution < 1.29 is 18.7 Å². The Morgan fingerprint density at radius 2 is 1.71 bits per heavy atom. The Morgan fingerprint density at radius 3 is 2.48 bits per heavy atom. The highest BCUT2D eigenvalue weighted by Crippen LogP contribution is 2.30. The number of hydrogen-bond donors (Lipinski definition) is 0. The monoisotopic (exact) mass is 286 g/mol. The van der Waals surface area contributed by atoms with Crippen LogP contribution in [0.5, 0.6) is 11.5 Å². The number of Topliss-reactive ketones (excluding diaryl/α,β-unsaturated/α-hetero) is 1. The number of ether oxygens (including phenoxy) is 2. The van der Waals surface area contributed by atoms with Gasteiger partial charge in [-0.15, -0.1) is 0 Å². The Labute approximate surface area is 122 Å². The van der Waals surface area contributed by atoms with Gasteiger partial charge in [-0.05, 0) is 35.9 Å². The normalized spacial score (nSPS) is 13.6. The van der Waals surface area contributed by atoms with Gasteiger partial charge < -0.3 is 9.47 Å².